The maximum atomic E-state index is 10.9. The van der Waals surface area contributed by atoms with Crippen molar-refractivity contribution < 1.29 is 9.66 Å². The number of para-hydroxylation sites is 2. The third-order valence-electron chi connectivity index (χ3n) is 2.65. The van der Waals surface area contributed by atoms with Crippen molar-refractivity contribution >= 4 is 21.6 Å². The number of hydrogen-bond acceptors (Lipinski definition) is 3. The highest BCUT2D eigenvalue weighted by atomic mass is 79.9. The Morgan fingerprint density at radius 1 is 1.11 bits per heavy atom. The van der Waals surface area contributed by atoms with E-state index >= 15 is 0 Å². The molecule has 2 aromatic carbocycles. The van der Waals surface area contributed by atoms with Crippen molar-refractivity contribution in [1.29, 1.82) is 0 Å². The second-order valence-electron chi connectivity index (χ2n) is 3.91. The molecule has 0 aliphatic carbocycles. The van der Waals surface area contributed by atoms with Gasteiger partial charge in [-0.15, -0.1) is 0 Å². The maximum Gasteiger partial charge on any atom is 0.272 e. The molecule has 0 aliphatic rings. The molecule has 2 aromatic rings. The average Bonchev–Trinajstić information content (AvgIpc) is 2.41. The summed E-state index contributed by atoms with van der Waals surface area (Å²) in [5, 5.41) is 10.9. The monoisotopic (exact) mass is 321 g/mol. The van der Waals surface area contributed by atoms with Crippen molar-refractivity contribution in [2.75, 3.05) is 6.61 Å². The van der Waals surface area contributed by atoms with Gasteiger partial charge in [-0.25, -0.2) is 0 Å². The minimum absolute atomic E-state index is 0.137. The maximum absolute atomic E-state index is 10.9. The summed E-state index contributed by atoms with van der Waals surface area (Å²) >= 11 is 3.39. The topological polar surface area (TPSA) is 52.4 Å². The first-order chi connectivity index (χ1) is 9.18. The van der Waals surface area contributed by atoms with Crippen LogP contribution in [-0.2, 0) is 6.42 Å². The fourth-order valence-corrected chi connectivity index (χ4v) is 2.13. The summed E-state index contributed by atoms with van der Waals surface area (Å²) in [7, 11) is 0. The minimum atomic E-state index is -0.367. The van der Waals surface area contributed by atoms with Crippen molar-refractivity contribution in [2.24, 2.45) is 0 Å². The molecule has 0 unspecified atom stereocenters. The fraction of sp³-hybridized carbons (Fsp3) is 0.143. The normalized spacial score (nSPS) is 10.2. The molecule has 2 rings (SSSR count). The molecule has 0 atom stereocenters. The van der Waals surface area contributed by atoms with Crippen LogP contribution in [0.2, 0.25) is 0 Å². The first kappa shape index (κ1) is 13.5. The Bertz CT molecular complexity index is 586. The Balaban J connectivity index is 2.00. The molecule has 0 spiro atoms. The minimum Gasteiger partial charge on any atom is -0.492 e. The highest BCUT2D eigenvalue weighted by Crippen LogP contribution is 2.24. The molecule has 5 heteroatoms. The molecule has 0 saturated heterocycles. The SMILES string of the molecule is O=[N+]([O-])c1ccccc1CCOc1ccccc1Br. The van der Waals surface area contributed by atoms with Gasteiger partial charge in [-0.05, 0) is 28.1 Å². The Kier molecular flexibility index (Phi) is 4.52. The van der Waals surface area contributed by atoms with E-state index < -0.39 is 0 Å². The lowest BCUT2D eigenvalue weighted by Gasteiger charge is -2.08. The van der Waals surface area contributed by atoms with Crippen molar-refractivity contribution in [3.05, 3.63) is 68.7 Å². The molecule has 0 bridgehead atoms. The lowest BCUT2D eigenvalue weighted by atomic mass is 10.1. The molecule has 0 aliphatic heterocycles. The van der Waals surface area contributed by atoms with E-state index in [2.05, 4.69) is 15.9 Å². The van der Waals surface area contributed by atoms with Gasteiger partial charge in [-0.2, -0.15) is 0 Å². The van der Waals surface area contributed by atoms with Crippen LogP contribution in [0.4, 0.5) is 5.69 Å². The number of hydrogen-bond donors (Lipinski definition) is 0. The van der Waals surface area contributed by atoms with Gasteiger partial charge in [-0.3, -0.25) is 10.1 Å². The molecule has 0 N–H and O–H groups in total. The molecule has 0 heterocycles. The van der Waals surface area contributed by atoms with E-state index in [0.29, 0.717) is 18.6 Å². The van der Waals surface area contributed by atoms with E-state index in [4.69, 9.17) is 4.74 Å². The summed E-state index contributed by atoms with van der Waals surface area (Å²) < 4.78 is 6.48. The summed E-state index contributed by atoms with van der Waals surface area (Å²) in [5.41, 5.74) is 0.817. The molecule has 98 valence electrons. The standard InChI is InChI=1S/C14H12BrNO3/c15-12-6-2-4-8-14(12)19-10-9-11-5-1-3-7-13(11)16(17)18/h1-8H,9-10H2. The Labute approximate surface area is 119 Å². The van der Waals surface area contributed by atoms with Gasteiger partial charge in [0.1, 0.15) is 5.75 Å². The Hall–Kier alpha value is -1.88. The van der Waals surface area contributed by atoms with Crippen LogP contribution < -0.4 is 4.74 Å². The van der Waals surface area contributed by atoms with Gasteiger partial charge in [0.15, 0.2) is 0 Å². The van der Waals surface area contributed by atoms with Gasteiger partial charge in [0.25, 0.3) is 5.69 Å². The van der Waals surface area contributed by atoms with Crippen LogP contribution in [0.25, 0.3) is 0 Å². The fourth-order valence-electron chi connectivity index (χ4n) is 1.73. The van der Waals surface area contributed by atoms with E-state index in [1.807, 2.05) is 24.3 Å². The van der Waals surface area contributed by atoms with Crippen LogP contribution in [0.5, 0.6) is 5.75 Å². The largest absolute Gasteiger partial charge is 0.492 e. The lowest BCUT2D eigenvalue weighted by Crippen LogP contribution is -2.04. The summed E-state index contributed by atoms with van der Waals surface area (Å²) in [6.45, 7) is 0.396. The van der Waals surface area contributed by atoms with Crippen molar-refractivity contribution in [3.63, 3.8) is 0 Å². The van der Waals surface area contributed by atoms with Crippen LogP contribution in [0.3, 0.4) is 0 Å². The van der Waals surface area contributed by atoms with Crippen LogP contribution >= 0.6 is 15.9 Å². The molecule has 0 amide bonds. The zero-order valence-corrected chi connectivity index (χ0v) is 11.7. The second-order valence-corrected chi connectivity index (χ2v) is 4.77. The van der Waals surface area contributed by atoms with E-state index in [0.717, 1.165) is 10.2 Å². The average molecular weight is 322 g/mol. The predicted octanol–water partition coefficient (Wildman–Crippen LogP) is 3.98. The molecule has 0 saturated carbocycles. The number of halogens is 1. The summed E-state index contributed by atoms with van der Waals surface area (Å²) in [4.78, 5) is 10.5. The Morgan fingerprint density at radius 3 is 2.53 bits per heavy atom. The van der Waals surface area contributed by atoms with E-state index in [1.54, 1.807) is 18.2 Å². The second kappa shape index (κ2) is 6.33. The molecule has 4 nitrogen and oxygen atoms in total. The van der Waals surface area contributed by atoms with Gasteiger partial charge < -0.3 is 4.74 Å². The van der Waals surface area contributed by atoms with E-state index in [9.17, 15) is 10.1 Å². The van der Waals surface area contributed by atoms with E-state index in [-0.39, 0.29) is 10.6 Å². The molecular weight excluding hydrogens is 310 g/mol. The number of ether oxygens (including phenoxy) is 1. The van der Waals surface area contributed by atoms with Crippen molar-refractivity contribution in [3.8, 4) is 5.75 Å². The number of rotatable bonds is 5. The molecular formula is C14H12BrNO3. The highest BCUT2D eigenvalue weighted by molar-refractivity contribution is 9.10. The van der Waals surface area contributed by atoms with Crippen LogP contribution in [0.1, 0.15) is 5.56 Å². The third kappa shape index (κ3) is 3.54. The zero-order chi connectivity index (χ0) is 13.7. The predicted molar refractivity (Wildman–Crippen MR) is 76.4 cm³/mol. The number of nitro benzene ring substituents is 1. The van der Waals surface area contributed by atoms with Crippen molar-refractivity contribution in [2.45, 2.75) is 6.42 Å². The summed E-state index contributed by atoms with van der Waals surface area (Å²) in [6, 6.07) is 14.2. The number of nitro groups is 1. The molecule has 0 radical (unpaired) electrons. The van der Waals surface area contributed by atoms with Crippen LogP contribution in [0.15, 0.2) is 53.0 Å². The lowest BCUT2D eigenvalue weighted by molar-refractivity contribution is -0.385. The summed E-state index contributed by atoms with van der Waals surface area (Å²) in [6.07, 6.45) is 0.498. The number of benzene rings is 2. The quantitative estimate of drug-likeness (QED) is 0.618. The zero-order valence-electron chi connectivity index (χ0n) is 10.1. The molecule has 19 heavy (non-hydrogen) atoms. The third-order valence-corrected chi connectivity index (χ3v) is 3.31. The first-order valence-corrected chi connectivity index (χ1v) is 6.57. The van der Waals surface area contributed by atoms with Gasteiger partial charge in [0, 0.05) is 18.1 Å². The van der Waals surface area contributed by atoms with Crippen LogP contribution in [-0.4, -0.2) is 11.5 Å². The van der Waals surface area contributed by atoms with Gasteiger partial charge >= 0.3 is 0 Å². The number of nitrogens with zero attached hydrogens (tertiary/aromatic N) is 1. The van der Waals surface area contributed by atoms with E-state index in [1.165, 1.54) is 6.07 Å². The first-order valence-electron chi connectivity index (χ1n) is 5.78. The van der Waals surface area contributed by atoms with Gasteiger partial charge in [0.05, 0.1) is 16.0 Å². The van der Waals surface area contributed by atoms with Crippen LogP contribution in [0, 0.1) is 10.1 Å². The summed E-state index contributed by atoms with van der Waals surface area (Å²) in [5.74, 6) is 0.737. The highest BCUT2D eigenvalue weighted by Gasteiger charge is 2.12. The molecule has 0 aromatic heterocycles. The van der Waals surface area contributed by atoms with Gasteiger partial charge in [-0.1, -0.05) is 30.3 Å². The smallest absolute Gasteiger partial charge is 0.272 e. The molecule has 0 fully saturated rings. The Morgan fingerprint density at radius 2 is 1.79 bits per heavy atom. The van der Waals surface area contributed by atoms with Gasteiger partial charge in [0.2, 0.25) is 0 Å². The van der Waals surface area contributed by atoms with Crippen molar-refractivity contribution in [1.82, 2.24) is 0 Å².